The van der Waals surface area contributed by atoms with E-state index in [0.29, 0.717) is 0 Å². The fourth-order valence-electron chi connectivity index (χ4n) is 1.04. The summed E-state index contributed by atoms with van der Waals surface area (Å²) in [7, 11) is 0. The summed E-state index contributed by atoms with van der Waals surface area (Å²) in [6, 6.07) is 0. The quantitative estimate of drug-likeness (QED) is 0.668. The van der Waals surface area contributed by atoms with E-state index in [-0.39, 0.29) is 0 Å². The molecule has 0 saturated carbocycles. The van der Waals surface area contributed by atoms with E-state index in [1.165, 1.54) is 18.4 Å². The van der Waals surface area contributed by atoms with Crippen LogP contribution in [0.3, 0.4) is 0 Å². The molecule has 0 aromatic heterocycles. The highest BCUT2D eigenvalue weighted by Gasteiger charge is 1.95. The van der Waals surface area contributed by atoms with E-state index in [2.05, 4.69) is 18.2 Å². The van der Waals surface area contributed by atoms with Crippen molar-refractivity contribution in [2.45, 2.75) is 33.1 Å². The average molecular weight is 165 g/mol. The van der Waals surface area contributed by atoms with Gasteiger partial charge in [0.2, 0.25) is 0 Å². The maximum Gasteiger partial charge on any atom is -0.00998 e. The highest BCUT2D eigenvalue weighted by molar-refractivity contribution is 5.19. The summed E-state index contributed by atoms with van der Waals surface area (Å²) < 4.78 is 0. The molecule has 0 aliphatic heterocycles. The minimum atomic E-state index is 1.01. The van der Waals surface area contributed by atoms with Crippen LogP contribution in [0.1, 0.15) is 33.1 Å². The molecule has 0 atom stereocenters. The van der Waals surface area contributed by atoms with Crippen molar-refractivity contribution >= 4 is 0 Å². The number of hydrogen-bond acceptors (Lipinski definition) is 1. The van der Waals surface area contributed by atoms with E-state index in [9.17, 15) is 0 Å². The van der Waals surface area contributed by atoms with Gasteiger partial charge in [-0.25, -0.2) is 0 Å². The van der Waals surface area contributed by atoms with Crippen molar-refractivity contribution in [3.63, 3.8) is 0 Å². The topological polar surface area (TPSA) is 26.0 Å². The van der Waals surface area contributed by atoms with Crippen LogP contribution in [0.25, 0.3) is 0 Å². The van der Waals surface area contributed by atoms with E-state index in [1.54, 1.807) is 6.20 Å². The van der Waals surface area contributed by atoms with Crippen LogP contribution in [0.15, 0.2) is 36.1 Å². The monoisotopic (exact) mass is 165 g/mol. The Balaban J connectivity index is 0.000000561. The van der Waals surface area contributed by atoms with Crippen LogP contribution in [-0.2, 0) is 0 Å². The molecule has 0 spiro atoms. The number of allylic oxidation sites excluding steroid dienone is 5. The van der Waals surface area contributed by atoms with Crippen LogP contribution >= 0.6 is 0 Å². The second-order valence-electron chi connectivity index (χ2n) is 2.42. The fraction of sp³-hybridized carbons (Fsp3) is 0.455. The molecular weight excluding hydrogens is 146 g/mol. The summed E-state index contributed by atoms with van der Waals surface area (Å²) in [5, 5.41) is 0. The first-order valence-electron chi connectivity index (χ1n) is 4.65. The minimum absolute atomic E-state index is 1.01. The van der Waals surface area contributed by atoms with Gasteiger partial charge in [-0.05, 0) is 25.5 Å². The third kappa shape index (κ3) is 4.78. The molecule has 0 aromatic carbocycles. The Bertz CT molecular complexity index is 175. The van der Waals surface area contributed by atoms with Gasteiger partial charge in [0.15, 0.2) is 0 Å². The molecule has 1 nitrogen and oxygen atoms in total. The molecule has 0 amide bonds. The average Bonchev–Trinajstić information content (AvgIpc) is 2.19. The van der Waals surface area contributed by atoms with Crippen molar-refractivity contribution < 1.29 is 0 Å². The summed E-state index contributed by atoms with van der Waals surface area (Å²) >= 11 is 0. The van der Waals surface area contributed by atoms with Crippen LogP contribution in [-0.4, -0.2) is 0 Å². The Morgan fingerprint density at radius 1 is 1.50 bits per heavy atom. The molecule has 2 N–H and O–H groups in total. The van der Waals surface area contributed by atoms with E-state index >= 15 is 0 Å². The molecule has 1 rings (SSSR count). The molecule has 0 unspecified atom stereocenters. The molecular formula is C11H19N. The van der Waals surface area contributed by atoms with Gasteiger partial charge in [-0.1, -0.05) is 43.7 Å². The number of nitrogens with two attached hydrogens (primary N) is 1. The fourth-order valence-corrected chi connectivity index (χ4v) is 1.04. The third-order valence-electron chi connectivity index (χ3n) is 1.62. The Labute approximate surface area is 75.7 Å². The minimum Gasteiger partial charge on any atom is -0.405 e. The molecule has 0 radical (unpaired) electrons. The molecule has 0 heterocycles. The molecule has 0 fully saturated rings. The van der Waals surface area contributed by atoms with Crippen LogP contribution in [0.4, 0.5) is 0 Å². The van der Waals surface area contributed by atoms with Gasteiger partial charge in [0.05, 0.1) is 0 Å². The maximum atomic E-state index is 5.22. The Morgan fingerprint density at radius 3 is 2.75 bits per heavy atom. The summed E-state index contributed by atoms with van der Waals surface area (Å²) in [5.41, 5.74) is 6.70. The Morgan fingerprint density at radius 2 is 2.25 bits per heavy atom. The lowest BCUT2D eigenvalue weighted by molar-refractivity contribution is 0.924. The first-order chi connectivity index (χ1) is 5.93. The van der Waals surface area contributed by atoms with Gasteiger partial charge in [0, 0.05) is 0 Å². The lowest BCUT2D eigenvalue weighted by Gasteiger charge is -2.04. The lowest BCUT2D eigenvalue weighted by atomic mass is 10.0. The van der Waals surface area contributed by atoms with Gasteiger partial charge in [0.1, 0.15) is 0 Å². The van der Waals surface area contributed by atoms with Gasteiger partial charge in [0.25, 0.3) is 0 Å². The lowest BCUT2D eigenvalue weighted by Crippen LogP contribution is -1.86. The largest absolute Gasteiger partial charge is 0.405 e. The zero-order valence-corrected chi connectivity index (χ0v) is 8.09. The predicted molar refractivity (Wildman–Crippen MR) is 55.7 cm³/mol. The van der Waals surface area contributed by atoms with E-state index < -0.39 is 0 Å². The summed E-state index contributed by atoms with van der Waals surface area (Å²) in [5.74, 6) is 0. The first-order valence-corrected chi connectivity index (χ1v) is 4.65. The molecule has 12 heavy (non-hydrogen) atoms. The second-order valence-corrected chi connectivity index (χ2v) is 2.42. The Kier molecular flexibility index (Phi) is 7.46. The van der Waals surface area contributed by atoms with Crippen molar-refractivity contribution in [3.05, 3.63) is 36.1 Å². The molecule has 1 aliphatic rings. The van der Waals surface area contributed by atoms with E-state index in [1.807, 2.05) is 19.9 Å². The van der Waals surface area contributed by atoms with Crippen LogP contribution < -0.4 is 5.73 Å². The highest BCUT2D eigenvalue weighted by Crippen LogP contribution is 2.14. The summed E-state index contributed by atoms with van der Waals surface area (Å²) in [6.07, 6.45) is 13.5. The first kappa shape index (κ1) is 11.0. The molecule has 1 heteroatoms. The van der Waals surface area contributed by atoms with E-state index in [4.69, 9.17) is 5.73 Å². The number of hydrogen-bond donors (Lipinski definition) is 1. The van der Waals surface area contributed by atoms with Gasteiger partial charge in [-0.15, -0.1) is 0 Å². The zero-order valence-electron chi connectivity index (χ0n) is 8.09. The third-order valence-corrected chi connectivity index (χ3v) is 1.62. The molecule has 0 bridgehead atoms. The summed E-state index contributed by atoms with van der Waals surface area (Å²) in [6.45, 7) is 4.00. The van der Waals surface area contributed by atoms with Gasteiger partial charge in [-0.2, -0.15) is 0 Å². The van der Waals surface area contributed by atoms with Crippen molar-refractivity contribution in [2.24, 2.45) is 5.73 Å². The SMILES string of the molecule is CC.N/C=C\CC1=CC=CCC1. The normalized spacial score (nSPS) is 15.3. The highest BCUT2D eigenvalue weighted by atomic mass is 14.5. The molecule has 1 aliphatic carbocycles. The van der Waals surface area contributed by atoms with Crippen LogP contribution in [0, 0.1) is 0 Å². The standard InChI is InChI=1S/C9H13N.C2H6/c10-8-4-7-9-5-2-1-3-6-9;1-2/h1-2,4-5,8H,3,6-7,10H2;1-2H3/b8-4-;. The molecule has 68 valence electrons. The smallest absolute Gasteiger partial charge is 0.00998 e. The van der Waals surface area contributed by atoms with Crippen LogP contribution in [0.5, 0.6) is 0 Å². The van der Waals surface area contributed by atoms with Gasteiger partial charge < -0.3 is 5.73 Å². The van der Waals surface area contributed by atoms with E-state index in [0.717, 1.165) is 6.42 Å². The zero-order chi connectivity index (χ0) is 9.23. The molecule has 0 saturated heterocycles. The van der Waals surface area contributed by atoms with Gasteiger partial charge in [-0.3, -0.25) is 0 Å². The maximum absolute atomic E-state index is 5.22. The predicted octanol–water partition coefficient (Wildman–Crippen LogP) is 3.15. The Hall–Kier alpha value is -0.980. The second kappa shape index (κ2) is 8.12. The summed E-state index contributed by atoms with van der Waals surface area (Å²) in [4.78, 5) is 0. The van der Waals surface area contributed by atoms with Crippen molar-refractivity contribution in [2.75, 3.05) is 0 Å². The van der Waals surface area contributed by atoms with Crippen LogP contribution in [0.2, 0.25) is 0 Å². The molecule has 0 aromatic rings. The van der Waals surface area contributed by atoms with Gasteiger partial charge >= 0.3 is 0 Å². The van der Waals surface area contributed by atoms with Crippen molar-refractivity contribution in [1.29, 1.82) is 0 Å². The van der Waals surface area contributed by atoms with Crippen molar-refractivity contribution in [3.8, 4) is 0 Å². The van der Waals surface area contributed by atoms with Crippen molar-refractivity contribution in [1.82, 2.24) is 0 Å². The number of rotatable bonds is 2.